The monoisotopic (exact) mass is 480 g/mol. The zero-order valence-electron chi connectivity index (χ0n) is 16.9. The normalized spacial score (nSPS) is 23.5. The number of allylic oxidation sites excluding steroid dienone is 1. The molecule has 1 fully saturated rings. The molecule has 0 saturated heterocycles. The first kappa shape index (κ1) is 24.1. The minimum absolute atomic E-state index is 0.00904. The Labute approximate surface area is 181 Å². The van der Waals surface area contributed by atoms with E-state index in [-0.39, 0.29) is 49.5 Å². The number of amides is 1. The highest BCUT2D eigenvalue weighted by molar-refractivity contribution is 7.88. The van der Waals surface area contributed by atoms with Crippen LogP contribution in [0.4, 0.5) is 27.8 Å². The number of halogens is 5. The van der Waals surface area contributed by atoms with Crippen LogP contribution in [-0.2, 0) is 15.0 Å². The number of carbonyl (C=O) groups is 1. The van der Waals surface area contributed by atoms with E-state index < -0.39 is 46.2 Å². The van der Waals surface area contributed by atoms with Gasteiger partial charge in [-0.3, -0.25) is 4.79 Å². The molecule has 1 aromatic rings. The second kappa shape index (κ2) is 9.12. The van der Waals surface area contributed by atoms with Gasteiger partial charge in [0.05, 0.1) is 11.6 Å². The summed E-state index contributed by atoms with van der Waals surface area (Å²) < 4.78 is 94.2. The van der Waals surface area contributed by atoms with Crippen LogP contribution in [0.25, 0.3) is 0 Å². The van der Waals surface area contributed by atoms with Crippen LogP contribution < -0.4 is 5.32 Å². The molecule has 1 saturated carbocycles. The molecule has 0 atom stereocenters. The molecule has 32 heavy (non-hydrogen) atoms. The van der Waals surface area contributed by atoms with Crippen molar-refractivity contribution in [1.29, 1.82) is 0 Å². The number of likely N-dealkylation sites (N-methyl/N-ethyl adjacent to an activating group) is 1. The third-order valence-electron chi connectivity index (χ3n) is 5.42. The summed E-state index contributed by atoms with van der Waals surface area (Å²) in [4.78, 5) is 16.4. The molecule has 2 aliphatic rings. The highest BCUT2D eigenvalue weighted by Crippen LogP contribution is 2.40. The van der Waals surface area contributed by atoms with Crippen molar-refractivity contribution in [3.05, 3.63) is 35.7 Å². The van der Waals surface area contributed by atoms with Crippen LogP contribution in [0.2, 0.25) is 0 Å². The summed E-state index contributed by atoms with van der Waals surface area (Å²) in [6.45, 7) is 1.34. The SMILES string of the molecule is CCN1C(C(=O)Nc2cccc(C(F)F)n2)=CC(C2CCC(C(F)(F)F)CC2)=NS1(=O)=O. The van der Waals surface area contributed by atoms with E-state index >= 15 is 0 Å². The molecule has 0 spiro atoms. The predicted octanol–water partition coefficient (Wildman–Crippen LogP) is 4.23. The highest BCUT2D eigenvalue weighted by Gasteiger charge is 2.43. The minimum atomic E-state index is -4.31. The maximum atomic E-state index is 12.9. The van der Waals surface area contributed by atoms with E-state index in [1.807, 2.05) is 0 Å². The quantitative estimate of drug-likeness (QED) is 0.639. The molecule has 1 aliphatic heterocycles. The Bertz CT molecular complexity index is 1030. The van der Waals surface area contributed by atoms with Crippen LogP contribution >= 0.6 is 0 Å². The molecule has 13 heteroatoms. The molecule has 1 aliphatic carbocycles. The fourth-order valence-corrected chi connectivity index (χ4v) is 5.07. The lowest BCUT2D eigenvalue weighted by Crippen LogP contribution is -2.40. The topological polar surface area (TPSA) is 91.7 Å². The van der Waals surface area contributed by atoms with Gasteiger partial charge < -0.3 is 5.32 Å². The lowest BCUT2D eigenvalue weighted by atomic mass is 9.79. The van der Waals surface area contributed by atoms with Gasteiger partial charge in [-0.1, -0.05) is 6.07 Å². The second-order valence-corrected chi connectivity index (χ2v) is 9.00. The molecule has 176 valence electrons. The zero-order chi connectivity index (χ0) is 23.7. The predicted molar refractivity (Wildman–Crippen MR) is 106 cm³/mol. The van der Waals surface area contributed by atoms with Gasteiger partial charge in [-0.25, -0.2) is 18.1 Å². The van der Waals surface area contributed by atoms with Crippen molar-refractivity contribution in [2.24, 2.45) is 16.2 Å². The maximum Gasteiger partial charge on any atom is 0.391 e. The number of hydrogen-bond donors (Lipinski definition) is 1. The van der Waals surface area contributed by atoms with E-state index in [0.717, 1.165) is 10.4 Å². The first-order valence-corrected chi connectivity index (χ1v) is 11.3. The van der Waals surface area contributed by atoms with Gasteiger partial charge in [-0.2, -0.15) is 21.6 Å². The maximum absolute atomic E-state index is 12.9. The lowest BCUT2D eigenvalue weighted by molar-refractivity contribution is -0.182. The summed E-state index contributed by atoms with van der Waals surface area (Å²) in [7, 11) is -4.29. The Morgan fingerprint density at radius 2 is 1.88 bits per heavy atom. The van der Waals surface area contributed by atoms with Gasteiger partial charge in [0.1, 0.15) is 17.2 Å². The third kappa shape index (κ3) is 5.25. The van der Waals surface area contributed by atoms with Crippen molar-refractivity contribution in [2.45, 2.75) is 45.2 Å². The number of alkyl halides is 5. The van der Waals surface area contributed by atoms with E-state index in [1.54, 1.807) is 0 Å². The number of aromatic nitrogens is 1. The average molecular weight is 480 g/mol. The first-order valence-electron chi connectivity index (χ1n) is 9.89. The summed E-state index contributed by atoms with van der Waals surface area (Å²) >= 11 is 0. The van der Waals surface area contributed by atoms with Gasteiger partial charge in [0, 0.05) is 12.5 Å². The van der Waals surface area contributed by atoms with E-state index in [2.05, 4.69) is 14.7 Å². The van der Waals surface area contributed by atoms with Crippen LogP contribution in [0.3, 0.4) is 0 Å². The number of hydrogen-bond acceptors (Lipinski definition) is 4. The van der Waals surface area contributed by atoms with Gasteiger partial charge in [0.25, 0.3) is 12.3 Å². The standard InChI is InChI=1S/C19H21F5N4O3S/c1-2-28-15(18(29)26-16-5-3-4-13(25-16)17(20)21)10-14(27-32(28,30)31)11-6-8-12(9-7-11)19(22,23)24/h3-5,10-12,17H,2,6-9H2,1H3,(H,25,26,29). The van der Waals surface area contributed by atoms with Crippen LogP contribution in [0.5, 0.6) is 0 Å². The van der Waals surface area contributed by atoms with Crippen LogP contribution in [-0.4, -0.2) is 42.0 Å². The lowest BCUT2D eigenvalue weighted by Gasteiger charge is -2.32. The molecule has 1 N–H and O–H groups in total. The van der Waals surface area contributed by atoms with Crippen molar-refractivity contribution >= 4 is 27.6 Å². The van der Waals surface area contributed by atoms with Crippen LogP contribution in [0.15, 0.2) is 34.4 Å². The van der Waals surface area contributed by atoms with Crippen molar-refractivity contribution in [2.75, 3.05) is 11.9 Å². The summed E-state index contributed by atoms with van der Waals surface area (Å²) in [6, 6.07) is 3.61. The van der Waals surface area contributed by atoms with Crippen LogP contribution in [0.1, 0.15) is 44.7 Å². The fraction of sp³-hybridized carbons (Fsp3) is 0.526. The number of carbonyl (C=O) groups excluding carboxylic acids is 1. The molecule has 0 bridgehead atoms. The van der Waals surface area contributed by atoms with E-state index in [9.17, 15) is 35.2 Å². The molecule has 0 radical (unpaired) electrons. The van der Waals surface area contributed by atoms with Gasteiger partial charge in [0.15, 0.2) is 0 Å². The molecule has 0 aromatic carbocycles. The Morgan fingerprint density at radius 3 is 2.44 bits per heavy atom. The van der Waals surface area contributed by atoms with Crippen molar-refractivity contribution in [3.8, 4) is 0 Å². The molecule has 7 nitrogen and oxygen atoms in total. The summed E-state index contributed by atoms with van der Waals surface area (Å²) in [5.74, 6) is -3.11. The Balaban J connectivity index is 1.85. The summed E-state index contributed by atoms with van der Waals surface area (Å²) in [5.41, 5.74) is -0.862. The Morgan fingerprint density at radius 1 is 1.22 bits per heavy atom. The molecule has 1 amide bonds. The number of anilines is 1. The number of nitrogens with one attached hydrogen (secondary N) is 1. The van der Waals surface area contributed by atoms with Gasteiger partial charge in [-0.05, 0) is 50.8 Å². The summed E-state index contributed by atoms with van der Waals surface area (Å²) in [6.07, 6.45) is -6.11. The van der Waals surface area contributed by atoms with Gasteiger partial charge >= 0.3 is 16.4 Å². The van der Waals surface area contributed by atoms with Crippen molar-refractivity contribution in [1.82, 2.24) is 9.29 Å². The number of rotatable bonds is 5. The molecule has 0 unspecified atom stereocenters. The molecular formula is C19H21F5N4O3S. The van der Waals surface area contributed by atoms with Gasteiger partial charge in [-0.15, -0.1) is 4.40 Å². The molecular weight excluding hydrogens is 459 g/mol. The van der Waals surface area contributed by atoms with E-state index in [1.165, 1.54) is 25.1 Å². The Kier molecular flexibility index (Phi) is 6.86. The third-order valence-corrected chi connectivity index (χ3v) is 6.87. The Hall–Kier alpha value is -2.57. The fourth-order valence-electron chi connectivity index (χ4n) is 3.79. The van der Waals surface area contributed by atoms with Crippen molar-refractivity contribution < 1.29 is 35.2 Å². The zero-order valence-corrected chi connectivity index (χ0v) is 17.8. The largest absolute Gasteiger partial charge is 0.391 e. The molecule has 2 heterocycles. The first-order chi connectivity index (χ1) is 14.9. The average Bonchev–Trinajstić information content (AvgIpc) is 2.72. The van der Waals surface area contributed by atoms with E-state index in [0.29, 0.717) is 0 Å². The highest BCUT2D eigenvalue weighted by atomic mass is 32.2. The molecule has 1 aromatic heterocycles. The van der Waals surface area contributed by atoms with Gasteiger partial charge in [0.2, 0.25) is 0 Å². The van der Waals surface area contributed by atoms with Crippen LogP contribution in [0, 0.1) is 11.8 Å². The minimum Gasteiger partial charge on any atom is -0.305 e. The smallest absolute Gasteiger partial charge is 0.305 e. The molecule has 3 rings (SSSR count). The number of nitrogens with zero attached hydrogens (tertiary/aromatic N) is 3. The van der Waals surface area contributed by atoms with Crippen molar-refractivity contribution in [3.63, 3.8) is 0 Å². The van der Waals surface area contributed by atoms with E-state index in [4.69, 9.17) is 0 Å². The second-order valence-electron chi connectivity index (χ2n) is 7.48. The summed E-state index contributed by atoms with van der Waals surface area (Å²) in [5, 5.41) is 2.30. The number of pyridine rings is 1.